The average Bonchev–Trinajstić information content (AvgIpc) is 2.57. The van der Waals surface area contributed by atoms with Gasteiger partial charge in [0.05, 0.1) is 26.4 Å². The summed E-state index contributed by atoms with van der Waals surface area (Å²) in [4.78, 5) is 11.9. The van der Waals surface area contributed by atoms with Crippen molar-refractivity contribution in [2.24, 2.45) is 5.10 Å². The summed E-state index contributed by atoms with van der Waals surface area (Å²) in [6.07, 6.45) is 1.68. The number of nitrogens with zero attached hydrogens (tertiary/aromatic N) is 1. The summed E-state index contributed by atoms with van der Waals surface area (Å²) in [6, 6.07) is 12.0. The lowest BCUT2D eigenvalue weighted by Gasteiger charge is -2.07. The highest BCUT2D eigenvalue weighted by atomic mass is 16.5. The summed E-state index contributed by atoms with van der Waals surface area (Å²) in [7, 11) is 1.58. The monoisotopic (exact) mass is 328 g/mol. The van der Waals surface area contributed by atoms with Gasteiger partial charge in [0, 0.05) is 11.6 Å². The van der Waals surface area contributed by atoms with E-state index < -0.39 is 0 Å². The third kappa shape index (κ3) is 5.01. The van der Waals surface area contributed by atoms with Gasteiger partial charge in [0.25, 0.3) is 0 Å². The van der Waals surface area contributed by atoms with Crippen LogP contribution in [0.2, 0.25) is 0 Å². The van der Waals surface area contributed by atoms with Gasteiger partial charge in [-0.1, -0.05) is 12.1 Å². The Labute approximate surface area is 140 Å². The fourth-order valence-corrected chi connectivity index (χ4v) is 2.09. The normalized spacial score (nSPS) is 10.6. The molecule has 0 radical (unpaired) electrons. The second-order valence-corrected chi connectivity index (χ2v) is 4.98. The zero-order valence-electron chi connectivity index (χ0n) is 13.7. The third-order valence-corrected chi connectivity index (χ3v) is 3.19. The van der Waals surface area contributed by atoms with E-state index in [1.807, 2.05) is 25.1 Å². The summed E-state index contributed by atoms with van der Waals surface area (Å²) >= 11 is 0. The van der Waals surface area contributed by atoms with E-state index in [1.54, 1.807) is 19.2 Å². The second kappa shape index (κ2) is 8.57. The molecule has 2 aromatic carbocycles. The molecule has 2 N–H and O–H groups in total. The Hall–Kier alpha value is -3.02. The van der Waals surface area contributed by atoms with Crippen LogP contribution in [-0.4, -0.2) is 30.9 Å². The number of hydrazone groups is 1. The number of nitrogens with one attached hydrogen (secondary N) is 1. The molecular weight excluding hydrogens is 308 g/mol. The molecule has 0 saturated carbocycles. The quantitative estimate of drug-likeness (QED) is 0.604. The molecule has 0 spiro atoms. The van der Waals surface area contributed by atoms with Crippen molar-refractivity contribution >= 4 is 12.1 Å². The van der Waals surface area contributed by atoms with Crippen molar-refractivity contribution in [2.75, 3.05) is 13.7 Å². The first kappa shape index (κ1) is 17.3. The average molecular weight is 328 g/mol. The van der Waals surface area contributed by atoms with Crippen molar-refractivity contribution in [3.05, 3.63) is 53.6 Å². The summed E-state index contributed by atoms with van der Waals surface area (Å²) < 4.78 is 10.5. The maximum Gasteiger partial charge on any atom is 0.244 e. The van der Waals surface area contributed by atoms with Crippen LogP contribution in [0.15, 0.2) is 47.6 Å². The van der Waals surface area contributed by atoms with Crippen LogP contribution in [0, 0.1) is 0 Å². The fourth-order valence-electron chi connectivity index (χ4n) is 2.09. The third-order valence-electron chi connectivity index (χ3n) is 3.19. The van der Waals surface area contributed by atoms with E-state index in [9.17, 15) is 9.90 Å². The van der Waals surface area contributed by atoms with Crippen LogP contribution in [0.5, 0.6) is 17.2 Å². The lowest BCUT2D eigenvalue weighted by atomic mass is 10.1. The number of phenols is 1. The van der Waals surface area contributed by atoms with Crippen LogP contribution in [0.3, 0.4) is 0 Å². The van der Waals surface area contributed by atoms with Gasteiger partial charge in [0.15, 0.2) is 0 Å². The minimum atomic E-state index is -0.240. The number of ether oxygens (including phenoxy) is 2. The van der Waals surface area contributed by atoms with Crippen molar-refractivity contribution in [1.29, 1.82) is 0 Å². The highest BCUT2D eigenvalue weighted by Gasteiger charge is 2.05. The predicted molar refractivity (Wildman–Crippen MR) is 91.7 cm³/mol. The minimum Gasteiger partial charge on any atom is -0.508 e. The van der Waals surface area contributed by atoms with E-state index >= 15 is 0 Å². The van der Waals surface area contributed by atoms with Crippen molar-refractivity contribution in [1.82, 2.24) is 5.43 Å². The van der Waals surface area contributed by atoms with Gasteiger partial charge in [-0.25, -0.2) is 5.43 Å². The molecule has 0 heterocycles. The first-order valence-corrected chi connectivity index (χ1v) is 7.53. The highest BCUT2D eigenvalue weighted by Crippen LogP contribution is 2.22. The van der Waals surface area contributed by atoms with Gasteiger partial charge in [-0.3, -0.25) is 4.79 Å². The van der Waals surface area contributed by atoms with Crippen LogP contribution >= 0.6 is 0 Å². The molecule has 6 nitrogen and oxygen atoms in total. The maximum absolute atomic E-state index is 11.9. The molecule has 2 aromatic rings. The maximum atomic E-state index is 11.9. The zero-order chi connectivity index (χ0) is 17.4. The molecule has 1 amide bonds. The molecule has 126 valence electrons. The molecule has 2 rings (SSSR count). The first-order chi connectivity index (χ1) is 11.6. The first-order valence-electron chi connectivity index (χ1n) is 7.53. The van der Waals surface area contributed by atoms with E-state index in [4.69, 9.17) is 9.47 Å². The molecule has 0 fully saturated rings. The van der Waals surface area contributed by atoms with Gasteiger partial charge < -0.3 is 14.6 Å². The molecule has 0 aliphatic rings. The van der Waals surface area contributed by atoms with E-state index in [-0.39, 0.29) is 18.1 Å². The number of hydrogen-bond acceptors (Lipinski definition) is 5. The van der Waals surface area contributed by atoms with Crippen LogP contribution in [-0.2, 0) is 11.2 Å². The van der Waals surface area contributed by atoms with Crippen molar-refractivity contribution in [3.63, 3.8) is 0 Å². The second-order valence-electron chi connectivity index (χ2n) is 4.98. The molecular formula is C18H20N2O4. The van der Waals surface area contributed by atoms with Crippen LogP contribution in [0.25, 0.3) is 0 Å². The van der Waals surface area contributed by atoms with Crippen LogP contribution < -0.4 is 14.9 Å². The zero-order valence-corrected chi connectivity index (χ0v) is 13.7. The number of aromatic hydroxyl groups is 1. The fraction of sp³-hybridized carbons (Fsp3) is 0.222. The Bertz CT molecular complexity index is 729. The number of phenolic OH excluding ortho intramolecular Hbond substituents is 1. The molecule has 0 unspecified atom stereocenters. The topological polar surface area (TPSA) is 80.2 Å². The van der Waals surface area contributed by atoms with Gasteiger partial charge in [-0.2, -0.15) is 5.10 Å². The number of methoxy groups -OCH3 is 1. The number of benzene rings is 2. The number of rotatable bonds is 7. The summed E-state index contributed by atoms with van der Waals surface area (Å²) in [5.74, 6) is 1.08. The molecule has 0 atom stereocenters. The number of amides is 1. The van der Waals surface area contributed by atoms with Crippen molar-refractivity contribution < 1.29 is 19.4 Å². The SMILES string of the molecule is CCOc1cc(O)ccc1C=NNC(=O)Cc1cccc(OC)c1. The molecule has 0 aliphatic carbocycles. The summed E-state index contributed by atoms with van der Waals surface area (Å²) in [6.45, 7) is 2.31. The Kier molecular flexibility index (Phi) is 6.19. The molecule has 0 aromatic heterocycles. The molecule has 24 heavy (non-hydrogen) atoms. The van der Waals surface area contributed by atoms with Gasteiger partial charge in [-0.15, -0.1) is 0 Å². The smallest absolute Gasteiger partial charge is 0.244 e. The number of hydrogen-bond donors (Lipinski definition) is 2. The molecule has 6 heteroatoms. The van der Waals surface area contributed by atoms with Crippen molar-refractivity contribution in [3.8, 4) is 17.2 Å². The van der Waals surface area contributed by atoms with Crippen LogP contribution in [0.1, 0.15) is 18.1 Å². The Balaban J connectivity index is 1.97. The van der Waals surface area contributed by atoms with Gasteiger partial charge in [0.2, 0.25) is 5.91 Å². The Morgan fingerprint density at radius 1 is 1.29 bits per heavy atom. The summed E-state index contributed by atoms with van der Waals surface area (Å²) in [5.41, 5.74) is 3.97. The summed E-state index contributed by atoms with van der Waals surface area (Å²) in [5, 5.41) is 13.4. The highest BCUT2D eigenvalue weighted by molar-refractivity contribution is 5.86. The Morgan fingerprint density at radius 3 is 2.88 bits per heavy atom. The van der Waals surface area contributed by atoms with Crippen LogP contribution in [0.4, 0.5) is 0 Å². The Morgan fingerprint density at radius 2 is 2.12 bits per heavy atom. The molecule has 0 aliphatic heterocycles. The lowest BCUT2D eigenvalue weighted by Crippen LogP contribution is -2.19. The largest absolute Gasteiger partial charge is 0.508 e. The minimum absolute atomic E-state index is 0.109. The van der Waals surface area contributed by atoms with Gasteiger partial charge in [0.1, 0.15) is 17.2 Å². The number of carbonyl (C=O) groups is 1. The molecule has 0 saturated heterocycles. The van der Waals surface area contributed by atoms with E-state index in [0.717, 1.165) is 5.56 Å². The van der Waals surface area contributed by atoms with Gasteiger partial charge in [-0.05, 0) is 36.8 Å². The van der Waals surface area contributed by atoms with E-state index in [2.05, 4.69) is 10.5 Å². The number of carbonyl (C=O) groups excluding carboxylic acids is 1. The van der Waals surface area contributed by atoms with E-state index in [0.29, 0.717) is 23.7 Å². The molecule has 0 bridgehead atoms. The van der Waals surface area contributed by atoms with Gasteiger partial charge >= 0.3 is 0 Å². The lowest BCUT2D eigenvalue weighted by molar-refractivity contribution is -0.120. The van der Waals surface area contributed by atoms with Crippen molar-refractivity contribution in [2.45, 2.75) is 13.3 Å². The predicted octanol–water partition coefficient (Wildman–Crippen LogP) is 2.49. The standard InChI is InChI=1S/C18H20N2O4/c1-3-24-17-11-15(21)8-7-14(17)12-19-20-18(22)10-13-5-4-6-16(9-13)23-2/h4-9,11-12,21H,3,10H2,1-2H3,(H,20,22). The van der Waals surface area contributed by atoms with E-state index in [1.165, 1.54) is 18.3 Å².